The van der Waals surface area contributed by atoms with Crippen LogP contribution < -0.4 is 5.32 Å². The maximum Gasteiger partial charge on any atom is 0.0897 e. The summed E-state index contributed by atoms with van der Waals surface area (Å²) in [5, 5.41) is 13.1. The van der Waals surface area contributed by atoms with Crippen LogP contribution in [0.2, 0.25) is 0 Å². The molecule has 2 N–H and O–H groups in total. The summed E-state index contributed by atoms with van der Waals surface area (Å²) in [6.07, 6.45) is 1.82. The van der Waals surface area contributed by atoms with Gasteiger partial charge in [-0.15, -0.1) is 0 Å². The van der Waals surface area contributed by atoms with E-state index in [4.69, 9.17) is 4.74 Å². The van der Waals surface area contributed by atoms with Gasteiger partial charge in [-0.1, -0.05) is 38.1 Å². The number of rotatable bonds is 10. The van der Waals surface area contributed by atoms with Crippen molar-refractivity contribution in [1.82, 2.24) is 5.32 Å². The van der Waals surface area contributed by atoms with E-state index in [1.807, 2.05) is 12.1 Å². The molecule has 0 aliphatic heterocycles. The lowest BCUT2D eigenvalue weighted by Crippen LogP contribution is -2.30. The second kappa shape index (κ2) is 9.92. The fourth-order valence-corrected chi connectivity index (χ4v) is 2.05. The molecule has 0 heterocycles. The van der Waals surface area contributed by atoms with Crippen molar-refractivity contribution >= 4 is 0 Å². The first-order valence-electron chi connectivity index (χ1n) is 7.60. The van der Waals surface area contributed by atoms with Crippen LogP contribution in [0.4, 0.5) is 0 Å². The van der Waals surface area contributed by atoms with E-state index >= 15 is 0 Å². The number of aliphatic hydroxyl groups excluding tert-OH is 1. The molecule has 1 aromatic carbocycles. The van der Waals surface area contributed by atoms with Crippen LogP contribution in [0.1, 0.15) is 37.8 Å². The zero-order valence-electron chi connectivity index (χ0n) is 13.1. The summed E-state index contributed by atoms with van der Waals surface area (Å²) in [6, 6.07) is 8.29. The number of aliphatic hydroxyl groups is 1. The van der Waals surface area contributed by atoms with Gasteiger partial charge < -0.3 is 15.2 Å². The van der Waals surface area contributed by atoms with E-state index < -0.39 is 6.10 Å². The van der Waals surface area contributed by atoms with Crippen molar-refractivity contribution in [2.45, 2.75) is 46.3 Å². The Labute approximate surface area is 123 Å². The van der Waals surface area contributed by atoms with Gasteiger partial charge in [-0.2, -0.15) is 0 Å². The van der Waals surface area contributed by atoms with Gasteiger partial charge in [0.25, 0.3) is 0 Å². The molecule has 0 radical (unpaired) electrons. The van der Waals surface area contributed by atoms with Crippen LogP contribution in [0.15, 0.2) is 24.3 Å². The maximum atomic E-state index is 9.82. The van der Waals surface area contributed by atoms with Gasteiger partial charge in [-0.3, -0.25) is 0 Å². The molecule has 1 aromatic rings. The average Bonchev–Trinajstić information content (AvgIpc) is 2.40. The Bertz CT molecular complexity index is 366. The van der Waals surface area contributed by atoms with E-state index in [9.17, 15) is 5.11 Å². The molecule has 0 bridgehead atoms. The summed E-state index contributed by atoms with van der Waals surface area (Å²) in [5.74, 6) is 0.722. The molecule has 20 heavy (non-hydrogen) atoms. The highest BCUT2D eigenvalue weighted by molar-refractivity contribution is 5.25. The van der Waals surface area contributed by atoms with E-state index in [1.54, 1.807) is 0 Å². The fraction of sp³-hybridized carbons (Fsp3) is 0.647. The van der Waals surface area contributed by atoms with E-state index in [-0.39, 0.29) is 0 Å². The topological polar surface area (TPSA) is 41.5 Å². The van der Waals surface area contributed by atoms with Crippen molar-refractivity contribution in [3.8, 4) is 0 Å². The van der Waals surface area contributed by atoms with Gasteiger partial charge >= 0.3 is 0 Å². The number of benzene rings is 1. The van der Waals surface area contributed by atoms with Crippen LogP contribution in [-0.2, 0) is 11.3 Å². The molecule has 0 fully saturated rings. The van der Waals surface area contributed by atoms with Gasteiger partial charge in [-0.05, 0) is 36.8 Å². The van der Waals surface area contributed by atoms with Crippen molar-refractivity contribution in [3.63, 3.8) is 0 Å². The zero-order valence-corrected chi connectivity index (χ0v) is 13.1. The highest BCUT2D eigenvalue weighted by Crippen LogP contribution is 2.06. The largest absolute Gasteiger partial charge is 0.389 e. The number of ether oxygens (including phenoxy) is 1. The van der Waals surface area contributed by atoms with Crippen LogP contribution >= 0.6 is 0 Å². The van der Waals surface area contributed by atoms with E-state index in [2.05, 4.69) is 38.2 Å². The molecular formula is C17H29NO2. The minimum Gasteiger partial charge on any atom is -0.389 e. The smallest absolute Gasteiger partial charge is 0.0897 e. The molecule has 1 unspecified atom stereocenters. The number of hydrogen-bond donors (Lipinski definition) is 2. The Morgan fingerprint density at radius 3 is 2.70 bits per heavy atom. The predicted molar refractivity (Wildman–Crippen MR) is 83.8 cm³/mol. The second-order valence-electron chi connectivity index (χ2n) is 5.82. The van der Waals surface area contributed by atoms with Gasteiger partial charge in [-0.25, -0.2) is 0 Å². The third-order valence-corrected chi connectivity index (χ3v) is 3.34. The summed E-state index contributed by atoms with van der Waals surface area (Å²) in [4.78, 5) is 0. The molecule has 0 saturated heterocycles. The molecule has 3 heteroatoms. The minimum absolute atomic E-state index is 0.416. The Morgan fingerprint density at radius 1 is 1.25 bits per heavy atom. The van der Waals surface area contributed by atoms with Crippen molar-refractivity contribution in [3.05, 3.63) is 35.4 Å². The van der Waals surface area contributed by atoms with E-state index in [0.29, 0.717) is 13.2 Å². The van der Waals surface area contributed by atoms with Gasteiger partial charge in [0.05, 0.1) is 12.7 Å². The molecule has 0 aliphatic rings. The summed E-state index contributed by atoms with van der Waals surface area (Å²) in [5.41, 5.74) is 2.55. The quantitative estimate of drug-likeness (QED) is 0.647. The maximum absolute atomic E-state index is 9.82. The second-order valence-corrected chi connectivity index (χ2v) is 5.82. The lowest BCUT2D eigenvalue weighted by Gasteiger charge is -2.13. The van der Waals surface area contributed by atoms with Gasteiger partial charge in [0.2, 0.25) is 0 Å². The molecule has 0 saturated carbocycles. The summed E-state index contributed by atoms with van der Waals surface area (Å²) >= 11 is 0. The summed E-state index contributed by atoms with van der Waals surface area (Å²) in [7, 11) is 0. The third kappa shape index (κ3) is 7.63. The number of aryl methyl sites for hydroxylation is 1. The van der Waals surface area contributed by atoms with Crippen molar-refractivity contribution in [2.75, 3.05) is 19.8 Å². The van der Waals surface area contributed by atoms with Crippen LogP contribution in [0.25, 0.3) is 0 Å². The molecule has 0 spiro atoms. The lowest BCUT2D eigenvalue weighted by molar-refractivity contribution is 0.0346. The van der Waals surface area contributed by atoms with Crippen molar-refractivity contribution in [2.24, 2.45) is 5.92 Å². The Morgan fingerprint density at radius 2 is 2.00 bits per heavy atom. The normalized spacial score (nSPS) is 12.8. The summed E-state index contributed by atoms with van der Waals surface area (Å²) < 4.78 is 5.48. The Hall–Kier alpha value is -0.900. The molecule has 1 atom stereocenters. The van der Waals surface area contributed by atoms with Gasteiger partial charge in [0, 0.05) is 19.7 Å². The fourth-order valence-electron chi connectivity index (χ4n) is 2.05. The first kappa shape index (κ1) is 17.2. The standard InChI is InChI=1S/C17H29NO2/c1-14(2)7-6-10-20-13-17(19)12-18-11-16-9-5-4-8-15(16)3/h4-5,8-9,14,17-19H,6-7,10-13H2,1-3H3. The molecule has 1 rings (SSSR count). The average molecular weight is 279 g/mol. The SMILES string of the molecule is Cc1ccccc1CNCC(O)COCCCC(C)C. The van der Waals surface area contributed by atoms with E-state index in [0.717, 1.165) is 25.5 Å². The Balaban J connectivity index is 2.05. The summed E-state index contributed by atoms with van der Waals surface area (Å²) in [6.45, 7) is 9.04. The van der Waals surface area contributed by atoms with Crippen LogP contribution in [0, 0.1) is 12.8 Å². The highest BCUT2D eigenvalue weighted by atomic mass is 16.5. The highest BCUT2D eigenvalue weighted by Gasteiger charge is 2.04. The number of nitrogens with one attached hydrogen (secondary N) is 1. The van der Waals surface area contributed by atoms with Crippen LogP contribution in [0.5, 0.6) is 0 Å². The van der Waals surface area contributed by atoms with E-state index in [1.165, 1.54) is 17.5 Å². The predicted octanol–water partition coefficient (Wildman–Crippen LogP) is 2.90. The first-order chi connectivity index (χ1) is 9.59. The van der Waals surface area contributed by atoms with Crippen molar-refractivity contribution in [1.29, 1.82) is 0 Å². The minimum atomic E-state index is -0.432. The van der Waals surface area contributed by atoms with Crippen LogP contribution in [-0.4, -0.2) is 31.0 Å². The molecule has 114 valence electrons. The first-order valence-corrected chi connectivity index (χ1v) is 7.60. The molecule has 0 amide bonds. The molecule has 0 aliphatic carbocycles. The van der Waals surface area contributed by atoms with Gasteiger partial charge in [0.15, 0.2) is 0 Å². The molecule has 3 nitrogen and oxygen atoms in total. The van der Waals surface area contributed by atoms with Crippen molar-refractivity contribution < 1.29 is 9.84 Å². The number of hydrogen-bond acceptors (Lipinski definition) is 3. The zero-order chi connectivity index (χ0) is 14.8. The van der Waals surface area contributed by atoms with Crippen LogP contribution in [0.3, 0.4) is 0 Å². The monoisotopic (exact) mass is 279 g/mol. The lowest BCUT2D eigenvalue weighted by atomic mass is 10.1. The Kier molecular flexibility index (Phi) is 8.51. The van der Waals surface area contributed by atoms with Gasteiger partial charge in [0.1, 0.15) is 0 Å². The molecular weight excluding hydrogens is 250 g/mol. The molecule has 0 aromatic heterocycles. The third-order valence-electron chi connectivity index (χ3n) is 3.34.